The fourth-order valence-corrected chi connectivity index (χ4v) is 3.93. The quantitative estimate of drug-likeness (QED) is 0.732. The van der Waals surface area contributed by atoms with Crippen molar-refractivity contribution < 1.29 is 5.11 Å². The molecule has 3 heteroatoms. The van der Waals surface area contributed by atoms with Gasteiger partial charge in [0.2, 0.25) is 0 Å². The maximum Gasteiger partial charge on any atom is 0.115 e. The average molecular weight is 353 g/mol. The number of hydrogen-bond acceptors (Lipinski definition) is 2. The monoisotopic (exact) mass is 352 g/mol. The normalized spacial score (nSPS) is 13.2. The van der Waals surface area contributed by atoms with Crippen molar-refractivity contribution in [1.82, 2.24) is 0 Å². The van der Waals surface area contributed by atoms with Crippen LogP contribution in [-0.2, 0) is 0 Å². The fourth-order valence-electron chi connectivity index (χ4n) is 2.34. The lowest BCUT2D eigenvalue weighted by Crippen LogP contribution is -2.05. The second-order valence-corrected chi connectivity index (χ2v) is 7.54. The van der Waals surface area contributed by atoms with E-state index in [0.29, 0.717) is 11.8 Å². The highest BCUT2D eigenvalue weighted by molar-refractivity contribution is 9.10. The number of aliphatic hydroxyl groups excluding tert-OH is 1. The summed E-state index contributed by atoms with van der Waals surface area (Å²) < 4.78 is 0.984. The van der Waals surface area contributed by atoms with Gasteiger partial charge in [0.1, 0.15) is 6.10 Å². The number of halogens is 1. The summed E-state index contributed by atoms with van der Waals surface area (Å²) in [6.45, 7) is 8.76. The third kappa shape index (κ3) is 3.16. The molecule has 1 atom stereocenters. The van der Waals surface area contributed by atoms with Crippen LogP contribution in [0.3, 0.4) is 0 Å². The zero-order valence-electron chi connectivity index (χ0n) is 12.4. The highest BCUT2D eigenvalue weighted by atomic mass is 79.9. The number of hydrogen-bond donors (Lipinski definition) is 1. The van der Waals surface area contributed by atoms with E-state index in [4.69, 9.17) is 0 Å². The fraction of sp³-hybridized carbons (Fsp3) is 0.412. The predicted octanol–water partition coefficient (Wildman–Crippen LogP) is 5.84. The Hall–Kier alpha value is -0.640. The van der Waals surface area contributed by atoms with Crippen molar-refractivity contribution in [1.29, 1.82) is 0 Å². The SMILES string of the molecule is CC(C)c1ccc(C(O)c2sccc2Br)c(C(C)C)c1. The first-order valence-electron chi connectivity index (χ1n) is 6.96. The van der Waals surface area contributed by atoms with Gasteiger partial charge in [-0.2, -0.15) is 0 Å². The molecule has 2 rings (SSSR count). The van der Waals surface area contributed by atoms with Gasteiger partial charge in [-0.3, -0.25) is 0 Å². The van der Waals surface area contributed by atoms with Crippen molar-refractivity contribution in [2.24, 2.45) is 0 Å². The summed E-state index contributed by atoms with van der Waals surface area (Å²) in [5.41, 5.74) is 3.59. The smallest absolute Gasteiger partial charge is 0.115 e. The summed E-state index contributed by atoms with van der Waals surface area (Å²) in [5, 5.41) is 12.7. The van der Waals surface area contributed by atoms with Gasteiger partial charge in [-0.15, -0.1) is 11.3 Å². The van der Waals surface area contributed by atoms with E-state index in [0.717, 1.165) is 14.9 Å². The van der Waals surface area contributed by atoms with Gasteiger partial charge in [0, 0.05) is 4.47 Å². The van der Waals surface area contributed by atoms with Gasteiger partial charge in [-0.1, -0.05) is 45.9 Å². The Balaban J connectivity index is 2.48. The van der Waals surface area contributed by atoms with Crippen LogP contribution in [0.15, 0.2) is 34.1 Å². The van der Waals surface area contributed by atoms with Gasteiger partial charge in [0.25, 0.3) is 0 Å². The predicted molar refractivity (Wildman–Crippen MR) is 90.7 cm³/mol. The lowest BCUT2D eigenvalue weighted by molar-refractivity contribution is 0.222. The molecule has 1 N–H and O–H groups in total. The van der Waals surface area contributed by atoms with E-state index in [2.05, 4.69) is 61.8 Å². The number of aliphatic hydroxyl groups is 1. The molecule has 2 aromatic rings. The third-order valence-electron chi connectivity index (χ3n) is 3.59. The molecule has 20 heavy (non-hydrogen) atoms. The van der Waals surface area contributed by atoms with Crippen LogP contribution < -0.4 is 0 Å². The lowest BCUT2D eigenvalue weighted by atomic mass is 9.89. The number of thiophene rings is 1. The molecule has 0 aliphatic rings. The molecule has 0 aliphatic heterocycles. The molecule has 1 aromatic heterocycles. The molecule has 0 saturated carbocycles. The first-order valence-corrected chi connectivity index (χ1v) is 8.63. The van der Waals surface area contributed by atoms with Crippen molar-refractivity contribution in [2.75, 3.05) is 0 Å². The zero-order valence-corrected chi connectivity index (χ0v) is 14.8. The van der Waals surface area contributed by atoms with Crippen molar-refractivity contribution in [2.45, 2.75) is 45.6 Å². The Kier molecular flexibility index (Phi) is 5.05. The maximum atomic E-state index is 10.7. The Bertz CT molecular complexity index is 586. The summed E-state index contributed by atoms with van der Waals surface area (Å²) in [7, 11) is 0. The topological polar surface area (TPSA) is 20.2 Å². The largest absolute Gasteiger partial charge is 0.383 e. The van der Waals surface area contributed by atoms with Crippen molar-refractivity contribution >= 4 is 27.3 Å². The minimum absolute atomic E-state index is 0.400. The van der Waals surface area contributed by atoms with Crippen molar-refractivity contribution in [3.8, 4) is 0 Å². The van der Waals surface area contributed by atoms with Crippen molar-refractivity contribution in [3.05, 3.63) is 55.7 Å². The van der Waals surface area contributed by atoms with E-state index < -0.39 is 6.10 Å². The molecule has 0 bridgehead atoms. The van der Waals surface area contributed by atoms with Crippen LogP contribution in [0.4, 0.5) is 0 Å². The Morgan fingerprint density at radius 1 is 1.00 bits per heavy atom. The molecule has 1 aromatic carbocycles. The van der Waals surface area contributed by atoms with Gasteiger partial charge in [-0.25, -0.2) is 0 Å². The molecule has 1 nitrogen and oxygen atoms in total. The molecule has 0 radical (unpaired) electrons. The van der Waals surface area contributed by atoms with Crippen LogP contribution in [0.1, 0.15) is 67.2 Å². The standard InChI is InChI=1S/C17H21BrOS/c1-10(2)12-5-6-13(14(9-12)11(3)4)16(19)17-15(18)7-8-20-17/h5-11,16,19H,1-4H3. The molecule has 108 valence electrons. The average Bonchev–Trinajstić information content (AvgIpc) is 2.83. The minimum Gasteiger partial charge on any atom is -0.383 e. The highest BCUT2D eigenvalue weighted by Crippen LogP contribution is 2.37. The van der Waals surface area contributed by atoms with E-state index in [9.17, 15) is 5.11 Å². The maximum absolute atomic E-state index is 10.7. The molecule has 0 fully saturated rings. The van der Waals surface area contributed by atoms with E-state index >= 15 is 0 Å². The molecule has 1 unspecified atom stereocenters. The van der Waals surface area contributed by atoms with Gasteiger partial charge in [0.05, 0.1) is 4.88 Å². The van der Waals surface area contributed by atoms with E-state index in [1.807, 2.05) is 11.4 Å². The number of benzene rings is 1. The molecule has 0 amide bonds. The van der Waals surface area contributed by atoms with Crippen LogP contribution in [0.5, 0.6) is 0 Å². The summed E-state index contributed by atoms with van der Waals surface area (Å²) in [5.74, 6) is 0.907. The number of rotatable bonds is 4. The van der Waals surface area contributed by atoms with Gasteiger partial charge >= 0.3 is 0 Å². The van der Waals surface area contributed by atoms with Gasteiger partial charge in [-0.05, 0) is 55.9 Å². The molecule has 0 spiro atoms. The highest BCUT2D eigenvalue weighted by Gasteiger charge is 2.20. The minimum atomic E-state index is -0.553. The van der Waals surface area contributed by atoms with Crippen LogP contribution in [0.25, 0.3) is 0 Å². The molecular weight excluding hydrogens is 332 g/mol. The molecule has 1 heterocycles. The first-order chi connectivity index (χ1) is 9.41. The van der Waals surface area contributed by atoms with Crippen LogP contribution >= 0.6 is 27.3 Å². The van der Waals surface area contributed by atoms with E-state index in [-0.39, 0.29) is 0 Å². The Morgan fingerprint density at radius 3 is 2.20 bits per heavy atom. The molecular formula is C17H21BrOS. The zero-order chi connectivity index (χ0) is 14.9. The van der Waals surface area contributed by atoms with E-state index in [1.165, 1.54) is 11.1 Å². The summed E-state index contributed by atoms with van der Waals surface area (Å²) >= 11 is 5.10. The molecule has 0 aliphatic carbocycles. The second-order valence-electron chi connectivity index (χ2n) is 5.73. The summed E-state index contributed by atoms with van der Waals surface area (Å²) in [4.78, 5) is 0.976. The van der Waals surface area contributed by atoms with Crippen LogP contribution in [-0.4, -0.2) is 5.11 Å². The molecule has 0 saturated heterocycles. The summed E-state index contributed by atoms with van der Waals surface area (Å²) in [6, 6.07) is 8.45. The van der Waals surface area contributed by atoms with E-state index in [1.54, 1.807) is 11.3 Å². The van der Waals surface area contributed by atoms with Crippen LogP contribution in [0.2, 0.25) is 0 Å². The lowest BCUT2D eigenvalue weighted by Gasteiger charge is -2.20. The Labute approximate surface area is 133 Å². The Morgan fingerprint density at radius 2 is 1.70 bits per heavy atom. The second kappa shape index (κ2) is 6.42. The summed E-state index contributed by atoms with van der Waals surface area (Å²) in [6.07, 6.45) is -0.553. The van der Waals surface area contributed by atoms with Gasteiger partial charge in [0.15, 0.2) is 0 Å². The van der Waals surface area contributed by atoms with Crippen LogP contribution in [0, 0.1) is 0 Å². The van der Waals surface area contributed by atoms with Gasteiger partial charge < -0.3 is 5.11 Å². The third-order valence-corrected chi connectivity index (χ3v) is 5.51. The van der Waals surface area contributed by atoms with Crippen molar-refractivity contribution in [3.63, 3.8) is 0 Å². The first kappa shape index (κ1) is 15.7.